The van der Waals surface area contributed by atoms with E-state index in [0.717, 1.165) is 11.0 Å². The summed E-state index contributed by atoms with van der Waals surface area (Å²) in [5.74, 6) is 0.860. The monoisotopic (exact) mass is 210 g/mol. The molecule has 0 radical (unpaired) electrons. The molecule has 1 N–H and O–H groups in total. The molecule has 3 heteroatoms. The van der Waals surface area contributed by atoms with Crippen molar-refractivity contribution in [3.63, 3.8) is 0 Å². The van der Waals surface area contributed by atoms with Crippen molar-refractivity contribution in [3.8, 4) is 0 Å². The minimum atomic E-state index is 0.672. The van der Waals surface area contributed by atoms with Crippen molar-refractivity contribution in [2.24, 2.45) is 5.92 Å². The lowest BCUT2D eigenvalue weighted by Gasteiger charge is -2.18. The van der Waals surface area contributed by atoms with Crippen LogP contribution in [0.2, 0.25) is 0 Å². The van der Waals surface area contributed by atoms with Crippen LogP contribution in [0.1, 0.15) is 37.5 Å². The zero-order valence-electron chi connectivity index (χ0n) is 8.92. The van der Waals surface area contributed by atoms with Crippen LogP contribution in [0.4, 0.5) is 5.13 Å². The third kappa shape index (κ3) is 2.08. The van der Waals surface area contributed by atoms with E-state index >= 15 is 0 Å². The van der Waals surface area contributed by atoms with Gasteiger partial charge in [0.05, 0.1) is 0 Å². The predicted octanol–water partition coefficient (Wildman–Crippen LogP) is 3.44. The van der Waals surface area contributed by atoms with Gasteiger partial charge in [-0.1, -0.05) is 19.8 Å². The van der Waals surface area contributed by atoms with E-state index in [2.05, 4.69) is 24.1 Å². The van der Waals surface area contributed by atoms with Crippen LogP contribution >= 0.6 is 11.3 Å². The standard InChI is InChI=1S/C11H18N2S/c1-3-9-5-4-6-10(9)13-11-12-7-8(2)14-11/h7,9-10H,3-6H2,1-2H3,(H,12,13). The molecule has 1 aromatic rings. The van der Waals surface area contributed by atoms with Crippen molar-refractivity contribution < 1.29 is 0 Å². The third-order valence-electron chi connectivity index (χ3n) is 3.11. The molecular weight excluding hydrogens is 192 g/mol. The summed E-state index contributed by atoms with van der Waals surface area (Å²) in [5.41, 5.74) is 0. The SMILES string of the molecule is CCC1CCCC1Nc1ncc(C)s1. The van der Waals surface area contributed by atoms with Gasteiger partial charge < -0.3 is 5.32 Å². The minimum absolute atomic E-state index is 0.672. The summed E-state index contributed by atoms with van der Waals surface area (Å²) in [6.07, 6.45) is 7.32. The number of hydrogen-bond acceptors (Lipinski definition) is 3. The van der Waals surface area contributed by atoms with Gasteiger partial charge in [-0.3, -0.25) is 0 Å². The molecule has 0 amide bonds. The first-order valence-corrected chi connectivity index (χ1v) is 6.30. The lowest BCUT2D eigenvalue weighted by atomic mass is 10.0. The summed E-state index contributed by atoms with van der Waals surface area (Å²) in [6.45, 7) is 4.40. The third-order valence-corrected chi connectivity index (χ3v) is 3.96. The molecule has 2 rings (SSSR count). The van der Waals surface area contributed by atoms with Gasteiger partial charge >= 0.3 is 0 Å². The molecule has 2 unspecified atom stereocenters. The highest BCUT2D eigenvalue weighted by atomic mass is 32.1. The van der Waals surface area contributed by atoms with Gasteiger partial charge in [0.25, 0.3) is 0 Å². The number of rotatable bonds is 3. The number of aromatic nitrogens is 1. The zero-order chi connectivity index (χ0) is 9.97. The molecular formula is C11H18N2S. The average molecular weight is 210 g/mol. The summed E-state index contributed by atoms with van der Waals surface area (Å²) >= 11 is 1.76. The van der Waals surface area contributed by atoms with E-state index in [9.17, 15) is 0 Å². The Bertz CT molecular complexity index is 295. The van der Waals surface area contributed by atoms with Gasteiger partial charge in [0.15, 0.2) is 5.13 Å². The van der Waals surface area contributed by atoms with E-state index in [1.165, 1.54) is 30.6 Å². The maximum absolute atomic E-state index is 4.36. The molecule has 0 bridgehead atoms. The molecule has 1 aliphatic rings. The molecule has 1 aromatic heterocycles. The van der Waals surface area contributed by atoms with E-state index in [-0.39, 0.29) is 0 Å². The van der Waals surface area contributed by atoms with E-state index in [1.807, 2.05) is 6.20 Å². The number of nitrogens with zero attached hydrogens (tertiary/aromatic N) is 1. The van der Waals surface area contributed by atoms with E-state index < -0.39 is 0 Å². The number of nitrogens with one attached hydrogen (secondary N) is 1. The average Bonchev–Trinajstić information content (AvgIpc) is 2.76. The number of aryl methyl sites for hydroxylation is 1. The van der Waals surface area contributed by atoms with Gasteiger partial charge in [-0.2, -0.15) is 0 Å². The first-order chi connectivity index (χ1) is 6.79. The molecule has 1 saturated carbocycles. The summed E-state index contributed by atoms with van der Waals surface area (Å²) in [5, 5.41) is 4.67. The van der Waals surface area contributed by atoms with Crippen LogP contribution in [0.3, 0.4) is 0 Å². The van der Waals surface area contributed by atoms with Crippen LogP contribution in [-0.2, 0) is 0 Å². The minimum Gasteiger partial charge on any atom is -0.359 e. The largest absolute Gasteiger partial charge is 0.359 e. The van der Waals surface area contributed by atoms with E-state index in [4.69, 9.17) is 0 Å². The fourth-order valence-electron chi connectivity index (χ4n) is 2.30. The Morgan fingerprint density at radius 3 is 3.07 bits per heavy atom. The maximum atomic E-state index is 4.36. The van der Waals surface area contributed by atoms with Crippen molar-refractivity contribution in [3.05, 3.63) is 11.1 Å². The first kappa shape index (κ1) is 9.97. The van der Waals surface area contributed by atoms with Gasteiger partial charge in [-0.05, 0) is 25.7 Å². The smallest absolute Gasteiger partial charge is 0.183 e. The van der Waals surface area contributed by atoms with Crippen molar-refractivity contribution in [1.29, 1.82) is 0 Å². The molecule has 0 saturated heterocycles. The molecule has 0 aliphatic heterocycles. The second-order valence-corrected chi connectivity index (χ2v) is 5.36. The van der Waals surface area contributed by atoms with Gasteiger partial charge in [-0.15, -0.1) is 11.3 Å². The maximum Gasteiger partial charge on any atom is 0.183 e. The normalized spacial score (nSPS) is 26.7. The fraction of sp³-hybridized carbons (Fsp3) is 0.727. The van der Waals surface area contributed by atoms with Crippen LogP contribution in [0.15, 0.2) is 6.20 Å². The first-order valence-electron chi connectivity index (χ1n) is 5.48. The van der Waals surface area contributed by atoms with Crippen molar-refractivity contribution >= 4 is 16.5 Å². The molecule has 0 spiro atoms. The number of thiazole rings is 1. The summed E-state index contributed by atoms with van der Waals surface area (Å²) < 4.78 is 0. The molecule has 78 valence electrons. The highest BCUT2D eigenvalue weighted by Gasteiger charge is 2.25. The van der Waals surface area contributed by atoms with Crippen LogP contribution in [0.25, 0.3) is 0 Å². The Kier molecular flexibility index (Phi) is 3.06. The summed E-state index contributed by atoms with van der Waals surface area (Å²) in [6, 6.07) is 0.672. The van der Waals surface area contributed by atoms with Crippen molar-refractivity contribution in [2.45, 2.75) is 45.6 Å². The van der Waals surface area contributed by atoms with Crippen LogP contribution < -0.4 is 5.32 Å². The highest BCUT2D eigenvalue weighted by molar-refractivity contribution is 7.15. The van der Waals surface area contributed by atoms with Crippen LogP contribution in [-0.4, -0.2) is 11.0 Å². The Balaban J connectivity index is 1.96. The molecule has 2 nitrogen and oxygen atoms in total. The Morgan fingerprint density at radius 2 is 2.43 bits per heavy atom. The van der Waals surface area contributed by atoms with Gasteiger partial charge in [0, 0.05) is 17.1 Å². The summed E-state index contributed by atoms with van der Waals surface area (Å²) in [7, 11) is 0. The zero-order valence-corrected chi connectivity index (χ0v) is 9.73. The second-order valence-electron chi connectivity index (χ2n) is 4.13. The molecule has 14 heavy (non-hydrogen) atoms. The Hall–Kier alpha value is -0.570. The van der Waals surface area contributed by atoms with Crippen LogP contribution in [0.5, 0.6) is 0 Å². The van der Waals surface area contributed by atoms with Gasteiger partial charge in [0.2, 0.25) is 0 Å². The van der Waals surface area contributed by atoms with Crippen LogP contribution in [0, 0.1) is 12.8 Å². The number of hydrogen-bond donors (Lipinski definition) is 1. The topological polar surface area (TPSA) is 24.9 Å². The lowest BCUT2D eigenvalue weighted by molar-refractivity contribution is 0.489. The van der Waals surface area contributed by atoms with E-state index in [0.29, 0.717) is 6.04 Å². The molecule has 2 atom stereocenters. The Labute approximate surface area is 89.8 Å². The Morgan fingerprint density at radius 1 is 1.57 bits per heavy atom. The quantitative estimate of drug-likeness (QED) is 0.826. The highest BCUT2D eigenvalue weighted by Crippen LogP contribution is 2.31. The van der Waals surface area contributed by atoms with Gasteiger partial charge in [0.1, 0.15) is 0 Å². The molecule has 1 fully saturated rings. The van der Waals surface area contributed by atoms with E-state index in [1.54, 1.807) is 11.3 Å². The molecule has 1 heterocycles. The molecule has 1 aliphatic carbocycles. The second kappa shape index (κ2) is 4.30. The van der Waals surface area contributed by atoms with Gasteiger partial charge in [-0.25, -0.2) is 4.98 Å². The van der Waals surface area contributed by atoms with Crippen molar-refractivity contribution in [1.82, 2.24) is 4.98 Å². The fourth-order valence-corrected chi connectivity index (χ4v) is 3.02. The summed E-state index contributed by atoms with van der Waals surface area (Å²) in [4.78, 5) is 5.65. The van der Waals surface area contributed by atoms with Crippen molar-refractivity contribution in [2.75, 3.05) is 5.32 Å². The molecule has 0 aromatic carbocycles. The number of anilines is 1. The predicted molar refractivity (Wildman–Crippen MR) is 61.9 cm³/mol. The lowest BCUT2D eigenvalue weighted by Crippen LogP contribution is -2.23.